The molecular formula is C26H24N4O4. The predicted molar refractivity (Wildman–Crippen MR) is 129 cm³/mol. The van der Waals surface area contributed by atoms with Crippen molar-refractivity contribution >= 4 is 34.2 Å². The quantitative estimate of drug-likeness (QED) is 0.449. The molecule has 2 heterocycles. The second-order valence-electron chi connectivity index (χ2n) is 7.99. The standard InChI is InChI=1S/C26H24N4O4/c1-3-33-26(32)21-14-27-29(2)24(21)28-25(31)18-8-11-19(12-9-18)30-15-22-20-7-5-4-6-17(20)10-13-23(22)34-16-30/h4-14H,3,15-16H2,1-2H3,(H,28,31). The summed E-state index contributed by atoms with van der Waals surface area (Å²) < 4.78 is 12.5. The van der Waals surface area contributed by atoms with Crippen LogP contribution in [0.1, 0.15) is 33.2 Å². The van der Waals surface area contributed by atoms with Gasteiger partial charge in [-0.15, -0.1) is 0 Å². The molecule has 0 unspecified atom stereocenters. The molecule has 34 heavy (non-hydrogen) atoms. The highest BCUT2D eigenvalue weighted by Gasteiger charge is 2.22. The van der Waals surface area contributed by atoms with Crippen LogP contribution in [0, 0.1) is 0 Å². The first-order valence-corrected chi connectivity index (χ1v) is 11.0. The maximum absolute atomic E-state index is 12.9. The Morgan fingerprint density at radius 2 is 1.88 bits per heavy atom. The van der Waals surface area contributed by atoms with Crippen molar-refractivity contribution in [2.75, 3.05) is 23.6 Å². The second kappa shape index (κ2) is 8.90. The van der Waals surface area contributed by atoms with E-state index in [1.807, 2.05) is 30.3 Å². The number of anilines is 2. The molecule has 0 atom stereocenters. The van der Waals surface area contributed by atoms with Gasteiger partial charge in [0.25, 0.3) is 5.91 Å². The fourth-order valence-electron chi connectivity index (χ4n) is 4.11. The molecule has 1 amide bonds. The number of ether oxygens (including phenoxy) is 2. The molecule has 0 bridgehead atoms. The number of hydrogen-bond acceptors (Lipinski definition) is 6. The number of aryl methyl sites for hydroxylation is 1. The third kappa shape index (κ3) is 3.94. The number of esters is 1. The van der Waals surface area contributed by atoms with Gasteiger partial charge in [0.1, 0.15) is 17.1 Å². The Bertz CT molecular complexity index is 1380. The van der Waals surface area contributed by atoms with E-state index < -0.39 is 5.97 Å². The number of benzene rings is 3. The lowest BCUT2D eigenvalue weighted by atomic mass is 10.0. The van der Waals surface area contributed by atoms with Gasteiger partial charge in [0.05, 0.1) is 19.3 Å². The Balaban J connectivity index is 1.33. The number of amides is 1. The van der Waals surface area contributed by atoms with Crippen molar-refractivity contribution in [3.8, 4) is 5.75 Å². The third-order valence-electron chi connectivity index (χ3n) is 5.88. The number of carbonyl (C=O) groups is 2. The molecular weight excluding hydrogens is 432 g/mol. The summed E-state index contributed by atoms with van der Waals surface area (Å²) in [5.74, 6) is 0.325. The molecule has 0 saturated carbocycles. The van der Waals surface area contributed by atoms with Crippen LogP contribution in [-0.4, -0.2) is 35.0 Å². The van der Waals surface area contributed by atoms with Crippen molar-refractivity contribution in [1.82, 2.24) is 9.78 Å². The minimum atomic E-state index is -0.529. The van der Waals surface area contributed by atoms with E-state index in [1.54, 1.807) is 26.1 Å². The van der Waals surface area contributed by atoms with Crippen molar-refractivity contribution in [3.05, 3.63) is 83.6 Å². The summed E-state index contributed by atoms with van der Waals surface area (Å²) in [6.07, 6.45) is 1.38. The minimum absolute atomic E-state index is 0.214. The lowest BCUT2D eigenvalue weighted by Crippen LogP contribution is -2.32. The zero-order chi connectivity index (χ0) is 23.7. The summed E-state index contributed by atoms with van der Waals surface area (Å²) in [5.41, 5.74) is 2.77. The van der Waals surface area contributed by atoms with Crippen molar-refractivity contribution < 1.29 is 19.1 Å². The van der Waals surface area contributed by atoms with Gasteiger partial charge in [-0.2, -0.15) is 5.10 Å². The molecule has 0 aliphatic carbocycles. The van der Waals surface area contributed by atoms with Gasteiger partial charge in [-0.25, -0.2) is 4.79 Å². The van der Waals surface area contributed by atoms with Crippen LogP contribution in [0.15, 0.2) is 66.9 Å². The maximum atomic E-state index is 12.9. The minimum Gasteiger partial charge on any atom is -0.473 e. The van der Waals surface area contributed by atoms with Crippen molar-refractivity contribution in [2.24, 2.45) is 7.05 Å². The van der Waals surface area contributed by atoms with Crippen LogP contribution in [0.4, 0.5) is 11.5 Å². The van der Waals surface area contributed by atoms with Gasteiger partial charge in [-0.05, 0) is 48.0 Å². The van der Waals surface area contributed by atoms with E-state index in [2.05, 4.69) is 33.5 Å². The molecule has 0 radical (unpaired) electrons. The van der Waals surface area contributed by atoms with Gasteiger partial charge in [0.15, 0.2) is 6.73 Å². The average Bonchev–Trinajstić information content (AvgIpc) is 3.23. The molecule has 5 rings (SSSR count). The molecule has 0 saturated heterocycles. The lowest BCUT2D eigenvalue weighted by molar-refractivity contribution is 0.0527. The molecule has 1 aromatic heterocycles. The Morgan fingerprint density at radius 3 is 2.68 bits per heavy atom. The number of rotatable bonds is 5. The van der Waals surface area contributed by atoms with E-state index in [4.69, 9.17) is 9.47 Å². The molecule has 8 heteroatoms. The van der Waals surface area contributed by atoms with Crippen LogP contribution in [-0.2, 0) is 18.3 Å². The van der Waals surface area contributed by atoms with E-state index in [-0.39, 0.29) is 18.1 Å². The van der Waals surface area contributed by atoms with Crippen LogP contribution in [0.2, 0.25) is 0 Å². The highest BCUT2D eigenvalue weighted by atomic mass is 16.5. The van der Waals surface area contributed by atoms with Gasteiger partial charge in [-0.1, -0.05) is 30.3 Å². The summed E-state index contributed by atoms with van der Waals surface area (Å²) in [4.78, 5) is 27.1. The molecule has 1 aliphatic heterocycles. The lowest BCUT2D eigenvalue weighted by Gasteiger charge is -2.31. The largest absolute Gasteiger partial charge is 0.473 e. The average molecular weight is 457 g/mol. The number of hydrogen-bond donors (Lipinski definition) is 1. The van der Waals surface area contributed by atoms with E-state index >= 15 is 0 Å². The molecule has 3 aromatic carbocycles. The van der Waals surface area contributed by atoms with Gasteiger partial charge in [0, 0.05) is 23.9 Å². The topological polar surface area (TPSA) is 85.7 Å². The van der Waals surface area contributed by atoms with E-state index in [1.165, 1.54) is 21.7 Å². The highest BCUT2D eigenvalue weighted by molar-refractivity contribution is 6.07. The molecule has 8 nitrogen and oxygen atoms in total. The van der Waals surface area contributed by atoms with E-state index in [0.717, 1.165) is 17.0 Å². The molecule has 0 fully saturated rings. The van der Waals surface area contributed by atoms with Crippen LogP contribution in [0.3, 0.4) is 0 Å². The monoisotopic (exact) mass is 456 g/mol. The fourth-order valence-corrected chi connectivity index (χ4v) is 4.11. The number of aromatic nitrogens is 2. The smallest absolute Gasteiger partial charge is 0.343 e. The van der Waals surface area contributed by atoms with Crippen LogP contribution < -0.4 is 15.0 Å². The normalized spacial score (nSPS) is 12.7. The number of nitrogens with one attached hydrogen (secondary N) is 1. The van der Waals surface area contributed by atoms with Crippen molar-refractivity contribution in [2.45, 2.75) is 13.5 Å². The zero-order valence-corrected chi connectivity index (χ0v) is 18.9. The zero-order valence-electron chi connectivity index (χ0n) is 18.9. The van der Waals surface area contributed by atoms with Gasteiger partial charge in [-0.3, -0.25) is 9.48 Å². The van der Waals surface area contributed by atoms with Gasteiger partial charge < -0.3 is 19.7 Å². The Morgan fingerprint density at radius 1 is 1.09 bits per heavy atom. The summed E-state index contributed by atoms with van der Waals surface area (Å²) in [7, 11) is 1.65. The fraction of sp³-hybridized carbons (Fsp3) is 0.192. The molecule has 1 N–H and O–H groups in total. The molecule has 4 aromatic rings. The Kier molecular flexibility index (Phi) is 5.63. The third-order valence-corrected chi connectivity index (χ3v) is 5.88. The summed E-state index contributed by atoms with van der Waals surface area (Å²) in [6, 6.07) is 19.7. The number of fused-ring (bicyclic) bond motifs is 3. The number of nitrogens with zero attached hydrogens (tertiary/aromatic N) is 3. The van der Waals surface area contributed by atoms with Gasteiger partial charge >= 0.3 is 5.97 Å². The first kappa shape index (κ1) is 21.5. The van der Waals surface area contributed by atoms with E-state index in [0.29, 0.717) is 24.7 Å². The first-order chi connectivity index (χ1) is 16.5. The molecule has 172 valence electrons. The van der Waals surface area contributed by atoms with Crippen LogP contribution >= 0.6 is 0 Å². The van der Waals surface area contributed by atoms with Crippen molar-refractivity contribution in [3.63, 3.8) is 0 Å². The molecule has 0 spiro atoms. The summed E-state index contributed by atoms with van der Waals surface area (Å²) in [6.45, 7) is 3.10. The Hall–Kier alpha value is -4.33. The van der Waals surface area contributed by atoms with Gasteiger partial charge in [0.2, 0.25) is 0 Å². The maximum Gasteiger partial charge on any atom is 0.343 e. The first-order valence-electron chi connectivity index (χ1n) is 11.0. The molecule has 1 aliphatic rings. The highest BCUT2D eigenvalue weighted by Crippen LogP contribution is 2.34. The number of carbonyl (C=O) groups excluding carboxylic acids is 2. The van der Waals surface area contributed by atoms with Crippen LogP contribution in [0.5, 0.6) is 5.75 Å². The van der Waals surface area contributed by atoms with Crippen LogP contribution in [0.25, 0.3) is 10.8 Å². The summed E-state index contributed by atoms with van der Waals surface area (Å²) in [5, 5.41) is 9.18. The second-order valence-corrected chi connectivity index (χ2v) is 7.99. The Labute approximate surface area is 196 Å². The SMILES string of the molecule is CCOC(=O)c1cnn(C)c1NC(=O)c1ccc(N2COc3ccc4ccccc4c3C2)cc1. The predicted octanol–water partition coefficient (Wildman–Crippen LogP) is 4.36. The van der Waals surface area contributed by atoms with E-state index in [9.17, 15) is 9.59 Å². The van der Waals surface area contributed by atoms with Crippen molar-refractivity contribution in [1.29, 1.82) is 0 Å². The summed E-state index contributed by atoms with van der Waals surface area (Å²) >= 11 is 0.